The van der Waals surface area contributed by atoms with E-state index in [-0.39, 0.29) is 31.2 Å². The van der Waals surface area contributed by atoms with Crippen LogP contribution in [-0.4, -0.2) is 62.9 Å². The van der Waals surface area contributed by atoms with Crippen LogP contribution in [0.15, 0.2) is 0 Å². The number of rotatable bonds is 10. The van der Waals surface area contributed by atoms with Crippen molar-refractivity contribution in [3.8, 4) is 0 Å². The zero-order valence-corrected chi connectivity index (χ0v) is 12.8. The van der Waals surface area contributed by atoms with Crippen molar-refractivity contribution < 1.29 is 23.9 Å². The number of hydrogen-bond acceptors (Lipinski definition) is 5. The Morgan fingerprint density at radius 3 is 2.30 bits per heavy atom. The first-order valence-corrected chi connectivity index (χ1v) is 6.64. The fourth-order valence-electron chi connectivity index (χ4n) is 1.32. The quantitative estimate of drug-likeness (QED) is 0.336. The molecule has 0 aliphatic rings. The zero-order chi connectivity index (χ0) is 15.6. The van der Waals surface area contributed by atoms with Crippen LogP contribution in [0.1, 0.15) is 27.2 Å². The zero-order valence-electron chi connectivity index (χ0n) is 12.8. The van der Waals surface area contributed by atoms with E-state index in [0.717, 1.165) is 0 Å². The third kappa shape index (κ3) is 8.01. The first-order valence-electron chi connectivity index (χ1n) is 6.64. The normalized spacial score (nSPS) is 11.2. The van der Waals surface area contributed by atoms with E-state index in [9.17, 15) is 14.4 Å². The molecule has 0 bridgehead atoms. The smallest absolute Gasteiger partial charge is 0.230 e. The van der Waals surface area contributed by atoms with Crippen molar-refractivity contribution >= 4 is 18.0 Å². The van der Waals surface area contributed by atoms with Gasteiger partial charge in [0.05, 0.1) is 32.8 Å². The highest BCUT2D eigenvalue weighted by molar-refractivity contribution is 5.93. The van der Waals surface area contributed by atoms with Gasteiger partial charge >= 0.3 is 0 Å². The SMILES string of the molecule is COCCOCCN(CC(=O)C(C)(C)C)C(=O)CC=O. The molecule has 0 fully saturated rings. The molecule has 0 N–H and O–H groups in total. The van der Waals surface area contributed by atoms with Gasteiger partial charge in [0, 0.05) is 19.1 Å². The Hall–Kier alpha value is -1.27. The second-order valence-corrected chi connectivity index (χ2v) is 5.46. The first kappa shape index (κ1) is 18.7. The molecular weight excluding hydrogens is 262 g/mol. The summed E-state index contributed by atoms with van der Waals surface area (Å²) in [5.74, 6) is -0.401. The molecule has 0 unspecified atom stereocenters. The van der Waals surface area contributed by atoms with Crippen LogP contribution in [0.5, 0.6) is 0 Å². The molecule has 20 heavy (non-hydrogen) atoms. The van der Waals surface area contributed by atoms with Crippen LogP contribution in [0.25, 0.3) is 0 Å². The number of carbonyl (C=O) groups excluding carboxylic acids is 3. The standard InChI is InChI=1S/C14H25NO5/c1-14(2,3)12(17)11-15(13(18)5-7-16)6-8-20-10-9-19-4/h7H,5-6,8-11H2,1-4H3. The number of ketones is 1. The lowest BCUT2D eigenvalue weighted by Gasteiger charge is -2.25. The highest BCUT2D eigenvalue weighted by Crippen LogP contribution is 2.15. The maximum atomic E-state index is 12.0. The number of hydrogen-bond donors (Lipinski definition) is 0. The Bertz CT molecular complexity index is 322. The van der Waals surface area contributed by atoms with Gasteiger partial charge in [0.25, 0.3) is 0 Å². The van der Waals surface area contributed by atoms with Crippen molar-refractivity contribution in [2.24, 2.45) is 5.41 Å². The van der Waals surface area contributed by atoms with Crippen LogP contribution in [0.4, 0.5) is 0 Å². The monoisotopic (exact) mass is 287 g/mol. The van der Waals surface area contributed by atoms with Crippen LogP contribution < -0.4 is 0 Å². The summed E-state index contributed by atoms with van der Waals surface area (Å²) in [7, 11) is 1.57. The van der Waals surface area contributed by atoms with Crippen LogP contribution in [0.2, 0.25) is 0 Å². The fourth-order valence-corrected chi connectivity index (χ4v) is 1.32. The Labute approximate surface area is 120 Å². The van der Waals surface area contributed by atoms with Gasteiger partial charge < -0.3 is 19.2 Å². The Balaban J connectivity index is 4.38. The second kappa shape index (κ2) is 9.61. The van der Waals surface area contributed by atoms with Crippen molar-refractivity contribution in [3.05, 3.63) is 0 Å². The molecular formula is C14H25NO5. The van der Waals surface area contributed by atoms with Crippen molar-refractivity contribution in [2.75, 3.05) is 40.0 Å². The van der Waals surface area contributed by atoms with Gasteiger partial charge in [0.2, 0.25) is 5.91 Å². The predicted molar refractivity (Wildman–Crippen MR) is 74.4 cm³/mol. The maximum absolute atomic E-state index is 12.0. The summed E-state index contributed by atoms with van der Waals surface area (Å²) in [6, 6.07) is 0. The largest absolute Gasteiger partial charge is 0.382 e. The molecule has 0 saturated heterocycles. The molecule has 0 aromatic rings. The lowest BCUT2D eigenvalue weighted by Crippen LogP contribution is -2.41. The van der Waals surface area contributed by atoms with Crippen LogP contribution in [0.3, 0.4) is 0 Å². The summed E-state index contributed by atoms with van der Waals surface area (Å²) in [6.07, 6.45) is 0.332. The molecule has 0 aliphatic heterocycles. The molecule has 0 aliphatic carbocycles. The summed E-state index contributed by atoms with van der Waals surface area (Å²) in [5.41, 5.74) is -0.517. The number of ether oxygens (including phenoxy) is 2. The van der Waals surface area contributed by atoms with Gasteiger partial charge in [-0.1, -0.05) is 20.8 Å². The lowest BCUT2D eigenvalue weighted by molar-refractivity contribution is -0.139. The molecule has 0 rings (SSSR count). The van der Waals surface area contributed by atoms with E-state index in [4.69, 9.17) is 9.47 Å². The minimum atomic E-state index is -0.517. The minimum absolute atomic E-state index is 0.00378. The van der Waals surface area contributed by atoms with Crippen molar-refractivity contribution in [1.82, 2.24) is 4.90 Å². The minimum Gasteiger partial charge on any atom is -0.382 e. The number of amides is 1. The van der Waals surface area contributed by atoms with Gasteiger partial charge in [-0.05, 0) is 0 Å². The van der Waals surface area contributed by atoms with Gasteiger partial charge in [-0.15, -0.1) is 0 Å². The van der Waals surface area contributed by atoms with E-state index in [1.54, 1.807) is 27.9 Å². The van der Waals surface area contributed by atoms with Crippen LogP contribution in [0, 0.1) is 5.41 Å². The summed E-state index contributed by atoms with van der Waals surface area (Å²) in [6.45, 7) is 6.91. The lowest BCUT2D eigenvalue weighted by atomic mass is 9.90. The Morgan fingerprint density at radius 2 is 1.80 bits per heavy atom. The molecule has 6 nitrogen and oxygen atoms in total. The van der Waals surface area contributed by atoms with Crippen molar-refractivity contribution in [1.29, 1.82) is 0 Å². The predicted octanol–water partition coefficient (Wildman–Crippen LogP) is 0.682. The molecule has 0 saturated carbocycles. The molecule has 0 heterocycles. The Morgan fingerprint density at radius 1 is 1.15 bits per heavy atom. The van der Waals surface area contributed by atoms with E-state index < -0.39 is 5.41 Å². The van der Waals surface area contributed by atoms with E-state index >= 15 is 0 Å². The van der Waals surface area contributed by atoms with E-state index in [1.165, 1.54) is 4.90 Å². The molecule has 0 aromatic carbocycles. The highest BCUT2D eigenvalue weighted by atomic mass is 16.5. The van der Waals surface area contributed by atoms with Crippen molar-refractivity contribution in [2.45, 2.75) is 27.2 Å². The average Bonchev–Trinajstić information content (AvgIpc) is 2.36. The third-order valence-corrected chi connectivity index (χ3v) is 2.72. The average molecular weight is 287 g/mol. The third-order valence-electron chi connectivity index (χ3n) is 2.72. The molecule has 0 spiro atoms. The molecule has 0 radical (unpaired) electrons. The molecule has 116 valence electrons. The molecule has 1 amide bonds. The molecule has 0 aromatic heterocycles. The van der Waals surface area contributed by atoms with Gasteiger partial charge in [-0.3, -0.25) is 9.59 Å². The number of methoxy groups -OCH3 is 1. The van der Waals surface area contributed by atoms with Gasteiger partial charge in [0.1, 0.15) is 6.29 Å². The van der Waals surface area contributed by atoms with E-state index in [2.05, 4.69) is 0 Å². The molecule has 6 heteroatoms. The maximum Gasteiger partial charge on any atom is 0.230 e. The number of aldehydes is 1. The highest BCUT2D eigenvalue weighted by Gasteiger charge is 2.25. The number of carbonyl (C=O) groups is 3. The van der Waals surface area contributed by atoms with E-state index in [1.807, 2.05) is 0 Å². The molecule has 0 atom stereocenters. The first-order chi connectivity index (χ1) is 9.32. The second-order valence-electron chi connectivity index (χ2n) is 5.46. The number of nitrogens with zero attached hydrogens (tertiary/aromatic N) is 1. The summed E-state index contributed by atoms with van der Waals surface area (Å²) in [4.78, 5) is 35.6. The topological polar surface area (TPSA) is 72.9 Å². The van der Waals surface area contributed by atoms with Gasteiger partial charge in [-0.2, -0.15) is 0 Å². The fraction of sp³-hybridized carbons (Fsp3) is 0.786. The number of Topliss-reactive ketones (excluding diaryl/α,β-unsaturated/α-hetero) is 1. The summed E-state index contributed by atoms with van der Waals surface area (Å²) in [5, 5.41) is 0. The Kier molecular flexibility index (Phi) is 9.00. The van der Waals surface area contributed by atoms with Gasteiger partial charge in [-0.25, -0.2) is 0 Å². The van der Waals surface area contributed by atoms with Crippen LogP contribution in [-0.2, 0) is 23.9 Å². The van der Waals surface area contributed by atoms with Crippen LogP contribution >= 0.6 is 0 Å². The van der Waals surface area contributed by atoms with Crippen molar-refractivity contribution in [3.63, 3.8) is 0 Å². The van der Waals surface area contributed by atoms with E-state index in [0.29, 0.717) is 26.1 Å². The summed E-state index contributed by atoms with van der Waals surface area (Å²) >= 11 is 0. The summed E-state index contributed by atoms with van der Waals surface area (Å²) < 4.78 is 10.1. The van der Waals surface area contributed by atoms with Gasteiger partial charge in [0.15, 0.2) is 5.78 Å².